The van der Waals surface area contributed by atoms with E-state index in [2.05, 4.69) is 56.5 Å². The minimum absolute atomic E-state index is 0.0356. The summed E-state index contributed by atoms with van der Waals surface area (Å²) < 4.78 is 5.79. The van der Waals surface area contributed by atoms with Crippen molar-refractivity contribution in [2.24, 2.45) is 0 Å². The van der Waals surface area contributed by atoms with E-state index in [1.165, 1.54) is 44.9 Å². The van der Waals surface area contributed by atoms with Crippen LogP contribution in [0.5, 0.6) is 0 Å². The standard InChI is InChI=1S/C49H79NO5/c1-4-7-10-13-16-19-22-23-24-25-27-30-33-36-39-42-49(54)55-45(40-37-34-31-28-26-20-17-14-11-8-5-2)43-48(53)50-46(44-51)47(52)41-38-35-32-29-21-18-15-12-9-6-3/h7-8,10-11,13-14,16-17,19-20,22-24,26,28,31,34,37,45-47,51-52H,4-6,9,12,15,18,21,25,27,29-30,32-33,35-36,38-44H2,1-3H3,(H,50,53)/b10-7+,11-8+,16-13+,17-14+,22-19+,24-23-,26-20-,31-28-,37-34+. The summed E-state index contributed by atoms with van der Waals surface area (Å²) in [5, 5.41) is 23.5. The summed E-state index contributed by atoms with van der Waals surface area (Å²) in [5.74, 6) is -0.651. The molecule has 0 aliphatic heterocycles. The Balaban J connectivity index is 4.81. The molecule has 0 spiro atoms. The van der Waals surface area contributed by atoms with Crippen molar-refractivity contribution in [1.82, 2.24) is 5.32 Å². The van der Waals surface area contributed by atoms with Gasteiger partial charge in [0, 0.05) is 12.8 Å². The Morgan fingerprint density at radius 3 is 1.55 bits per heavy atom. The maximum atomic E-state index is 13.1. The molecule has 310 valence electrons. The fourth-order valence-corrected chi connectivity index (χ4v) is 5.81. The first kappa shape index (κ1) is 51.5. The number of rotatable bonds is 36. The van der Waals surface area contributed by atoms with E-state index in [9.17, 15) is 19.8 Å². The number of nitrogens with one attached hydrogen (secondary N) is 1. The number of ether oxygens (including phenoxy) is 1. The highest BCUT2D eigenvalue weighted by atomic mass is 16.5. The van der Waals surface area contributed by atoms with Crippen LogP contribution in [-0.4, -0.2) is 46.9 Å². The van der Waals surface area contributed by atoms with Gasteiger partial charge in [0.1, 0.15) is 6.10 Å². The number of esters is 1. The average molecular weight is 762 g/mol. The highest BCUT2D eigenvalue weighted by Gasteiger charge is 2.23. The summed E-state index contributed by atoms with van der Waals surface area (Å²) >= 11 is 0. The van der Waals surface area contributed by atoms with Crippen LogP contribution in [-0.2, 0) is 14.3 Å². The van der Waals surface area contributed by atoms with Gasteiger partial charge in [-0.15, -0.1) is 0 Å². The van der Waals surface area contributed by atoms with Crippen molar-refractivity contribution in [3.05, 3.63) is 109 Å². The third-order valence-corrected chi connectivity index (χ3v) is 9.07. The Hall–Kier alpha value is -3.48. The highest BCUT2D eigenvalue weighted by molar-refractivity contribution is 5.77. The number of carbonyl (C=O) groups is 2. The fourth-order valence-electron chi connectivity index (χ4n) is 5.81. The van der Waals surface area contributed by atoms with Crippen LogP contribution in [0.1, 0.15) is 162 Å². The third-order valence-electron chi connectivity index (χ3n) is 9.07. The van der Waals surface area contributed by atoms with Gasteiger partial charge in [-0.2, -0.15) is 0 Å². The number of aliphatic hydroxyl groups excluding tert-OH is 2. The predicted octanol–water partition coefficient (Wildman–Crippen LogP) is 12.4. The van der Waals surface area contributed by atoms with Crippen LogP contribution in [0.2, 0.25) is 0 Å². The van der Waals surface area contributed by atoms with Crippen molar-refractivity contribution in [1.29, 1.82) is 0 Å². The van der Waals surface area contributed by atoms with Crippen molar-refractivity contribution < 1.29 is 24.5 Å². The smallest absolute Gasteiger partial charge is 0.306 e. The molecular formula is C49H79NO5. The van der Waals surface area contributed by atoms with Crippen LogP contribution >= 0.6 is 0 Å². The maximum Gasteiger partial charge on any atom is 0.306 e. The molecule has 6 nitrogen and oxygen atoms in total. The van der Waals surface area contributed by atoms with E-state index in [0.717, 1.165) is 70.6 Å². The summed E-state index contributed by atoms with van der Waals surface area (Å²) in [7, 11) is 0. The van der Waals surface area contributed by atoms with Crippen LogP contribution in [0.25, 0.3) is 0 Å². The average Bonchev–Trinajstić information content (AvgIpc) is 3.18. The highest BCUT2D eigenvalue weighted by Crippen LogP contribution is 2.15. The predicted molar refractivity (Wildman–Crippen MR) is 236 cm³/mol. The van der Waals surface area contributed by atoms with Crippen molar-refractivity contribution in [2.75, 3.05) is 6.61 Å². The quantitative estimate of drug-likeness (QED) is 0.0336. The van der Waals surface area contributed by atoms with Crippen LogP contribution in [0.4, 0.5) is 0 Å². The number of amides is 1. The topological polar surface area (TPSA) is 95.9 Å². The monoisotopic (exact) mass is 762 g/mol. The molecule has 3 unspecified atom stereocenters. The van der Waals surface area contributed by atoms with Gasteiger partial charge in [-0.1, -0.05) is 214 Å². The normalized spacial score (nSPS) is 14.5. The molecule has 0 radical (unpaired) electrons. The number of aliphatic hydroxyl groups is 2. The van der Waals surface area contributed by atoms with Gasteiger partial charge >= 0.3 is 5.97 Å². The van der Waals surface area contributed by atoms with Crippen LogP contribution in [0.3, 0.4) is 0 Å². The van der Waals surface area contributed by atoms with Crippen molar-refractivity contribution in [3.8, 4) is 0 Å². The van der Waals surface area contributed by atoms with Crippen LogP contribution < -0.4 is 5.32 Å². The molecule has 0 aromatic heterocycles. The largest absolute Gasteiger partial charge is 0.461 e. The minimum Gasteiger partial charge on any atom is -0.461 e. The van der Waals surface area contributed by atoms with Gasteiger partial charge < -0.3 is 20.3 Å². The lowest BCUT2D eigenvalue weighted by Crippen LogP contribution is -2.46. The van der Waals surface area contributed by atoms with E-state index in [4.69, 9.17) is 4.74 Å². The number of carbonyl (C=O) groups excluding carboxylic acids is 2. The number of unbranched alkanes of at least 4 members (excludes halogenated alkanes) is 14. The zero-order chi connectivity index (χ0) is 40.3. The maximum absolute atomic E-state index is 13.1. The zero-order valence-corrected chi connectivity index (χ0v) is 35.0. The van der Waals surface area contributed by atoms with Crippen molar-refractivity contribution in [2.45, 2.75) is 180 Å². The van der Waals surface area contributed by atoms with Gasteiger partial charge in [-0.05, 0) is 38.5 Å². The molecule has 0 fully saturated rings. The SMILES string of the molecule is CC/C=C/C=C/C=C\C=C/C=C/CC(CC(=O)NC(CO)C(O)CCCCCCCCCCCC)OC(=O)CCCCCCC\C=C/C=C/C=C/C=C/CC. The van der Waals surface area contributed by atoms with Gasteiger partial charge in [0.05, 0.1) is 25.2 Å². The molecule has 3 N–H and O–H groups in total. The van der Waals surface area contributed by atoms with Gasteiger partial charge in [0.2, 0.25) is 5.91 Å². The summed E-state index contributed by atoms with van der Waals surface area (Å²) in [4.78, 5) is 25.9. The van der Waals surface area contributed by atoms with E-state index in [1.807, 2.05) is 79.0 Å². The molecule has 0 saturated carbocycles. The fraction of sp³-hybridized carbons (Fsp3) is 0.592. The lowest BCUT2D eigenvalue weighted by Gasteiger charge is -2.24. The van der Waals surface area contributed by atoms with E-state index >= 15 is 0 Å². The number of hydrogen-bond donors (Lipinski definition) is 3. The summed E-state index contributed by atoms with van der Waals surface area (Å²) in [6, 6.07) is -0.749. The first-order valence-corrected chi connectivity index (χ1v) is 21.7. The second-order valence-electron chi connectivity index (χ2n) is 14.2. The van der Waals surface area contributed by atoms with E-state index in [-0.39, 0.29) is 24.9 Å². The van der Waals surface area contributed by atoms with Gasteiger partial charge in [0.25, 0.3) is 0 Å². The number of allylic oxidation sites excluding steroid dienone is 17. The Morgan fingerprint density at radius 1 is 0.564 bits per heavy atom. The Morgan fingerprint density at radius 2 is 1.02 bits per heavy atom. The van der Waals surface area contributed by atoms with E-state index in [1.54, 1.807) is 0 Å². The van der Waals surface area contributed by atoms with Gasteiger partial charge in [-0.25, -0.2) is 0 Å². The van der Waals surface area contributed by atoms with E-state index in [0.29, 0.717) is 19.3 Å². The minimum atomic E-state index is -0.826. The zero-order valence-electron chi connectivity index (χ0n) is 35.0. The summed E-state index contributed by atoms with van der Waals surface area (Å²) in [6.45, 7) is 6.10. The van der Waals surface area contributed by atoms with E-state index < -0.39 is 18.2 Å². The molecule has 55 heavy (non-hydrogen) atoms. The molecule has 0 aliphatic rings. The number of hydrogen-bond acceptors (Lipinski definition) is 5. The van der Waals surface area contributed by atoms with Crippen LogP contribution in [0, 0.1) is 0 Å². The van der Waals surface area contributed by atoms with Gasteiger partial charge in [0.15, 0.2) is 0 Å². The second-order valence-corrected chi connectivity index (χ2v) is 14.2. The lowest BCUT2D eigenvalue weighted by molar-refractivity contribution is -0.150. The van der Waals surface area contributed by atoms with Crippen molar-refractivity contribution >= 4 is 11.9 Å². The van der Waals surface area contributed by atoms with Crippen LogP contribution in [0.15, 0.2) is 109 Å². The molecule has 0 aromatic carbocycles. The summed E-state index contributed by atoms with van der Waals surface area (Å²) in [5.41, 5.74) is 0. The Bertz CT molecular complexity index is 1170. The molecule has 3 atom stereocenters. The molecule has 0 bridgehead atoms. The molecule has 1 amide bonds. The van der Waals surface area contributed by atoms with Gasteiger partial charge in [-0.3, -0.25) is 9.59 Å². The molecule has 0 rings (SSSR count). The Kier molecular flexibility index (Phi) is 39.0. The lowest BCUT2D eigenvalue weighted by atomic mass is 10.0. The molecule has 6 heteroatoms. The third kappa shape index (κ3) is 37.2. The Labute approximate surface area is 337 Å². The molecule has 0 saturated heterocycles. The molecule has 0 heterocycles. The molecule has 0 aliphatic carbocycles. The van der Waals surface area contributed by atoms with Crippen molar-refractivity contribution in [3.63, 3.8) is 0 Å². The molecular weight excluding hydrogens is 683 g/mol. The first-order valence-electron chi connectivity index (χ1n) is 21.7. The molecule has 0 aromatic rings. The summed E-state index contributed by atoms with van der Waals surface area (Å²) in [6.07, 6.45) is 56.0. The first-order chi connectivity index (χ1) is 27.0. The second kappa shape index (κ2) is 41.7.